The molecule has 0 aliphatic carbocycles. The first-order valence-electron chi connectivity index (χ1n) is 9.23. The van der Waals surface area contributed by atoms with E-state index in [9.17, 15) is 4.79 Å². The largest absolute Gasteiger partial charge is 0.496 e. The molecule has 0 N–H and O–H groups in total. The second kappa shape index (κ2) is 8.71. The molecule has 0 unspecified atom stereocenters. The van der Waals surface area contributed by atoms with E-state index in [1.54, 1.807) is 14.2 Å². The fraction of sp³-hybridized carbons (Fsp3) is 0.364. The van der Waals surface area contributed by atoms with E-state index in [1.165, 1.54) is 22.5 Å². The Kier molecular flexibility index (Phi) is 6.31. The molecule has 148 valence electrons. The molecule has 0 saturated carbocycles. The number of ether oxygens (including phenoxy) is 2. The van der Waals surface area contributed by atoms with Crippen LogP contribution in [0.25, 0.3) is 10.2 Å². The molecule has 3 rings (SSSR count). The molecule has 0 radical (unpaired) electrons. The van der Waals surface area contributed by atoms with Crippen molar-refractivity contribution in [1.29, 1.82) is 0 Å². The number of carbonyl (C=O) groups excluding carboxylic acids is 1. The molecule has 1 amide bonds. The van der Waals surface area contributed by atoms with E-state index < -0.39 is 0 Å². The fourth-order valence-electron chi connectivity index (χ4n) is 3.16. The first kappa shape index (κ1) is 20.3. The Hall–Kier alpha value is -2.44. The number of aryl methyl sites for hydroxylation is 3. The van der Waals surface area contributed by atoms with E-state index in [4.69, 9.17) is 9.47 Å². The molecule has 1 heterocycles. The topological polar surface area (TPSA) is 52.8 Å². The van der Waals surface area contributed by atoms with Crippen molar-refractivity contribution in [2.45, 2.75) is 33.7 Å². The summed E-state index contributed by atoms with van der Waals surface area (Å²) in [5, 5.41) is 0. The molecule has 2 aromatic carbocycles. The third-order valence-electron chi connectivity index (χ3n) is 4.82. The predicted molar refractivity (Wildman–Crippen MR) is 113 cm³/mol. The number of nitrogens with zero attached hydrogens (tertiary/aromatic N) is 2. The lowest BCUT2D eigenvalue weighted by atomic mass is 10.1. The summed E-state index contributed by atoms with van der Waals surface area (Å²) in [4.78, 5) is 17.9. The highest BCUT2D eigenvalue weighted by molar-refractivity contribution is 7.16. The average Bonchev–Trinajstić information content (AvgIpc) is 2.96. The monoisotopic (exact) mass is 398 g/mol. The number of thiazole rings is 1. The molecule has 0 spiro atoms. The molecule has 3 aromatic rings. The minimum atomic E-state index is -0.185. The lowest BCUT2D eigenvalue weighted by molar-refractivity contribution is -0.117. The zero-order valence-corrected chi connectivity index (χ0v) is 17.9. The summed E-state index contributed by atoms with van der Waals surface area (Å²) in [6, 6.07) is 10.2. The SMILES string of the molecule is COCCn1c(=NC(=O)Cc2cc(C)ccc2OC)sc2cc(C)c(C)cc21. The van der Waals surface area contributed by atoms with Crippen molar-refractivity contribution in [3.05, 3.63) is 57.4 Å². The van der Waals surface area contributed by atoms with Gasteiger partial charge in [0.15, 0.2) is 4.80 Å². The standard InChI is InChI=1S/C22H26N2O3S/c1-14-6-7-19(27-5)17(10-14)13-21(25)23-22-24(8-9-26-4)18-11-15(2)16(3)12-20(18)28-22/h6-7,10-12H,8-9,13H2,1-5H3. The van der Waals surface area contributed by atoms with Gasteiger partial charge in [0, 0.05) is 19.2 Å². The maximum atomic E-state index is 12.7. The molecule has 0 aliphatic rings. The molecule has 0 saturated heterocycles. The summed E-state index contributed by atoms with van der Waals surface area (Å²) in [6.07, 6.45) is 0.210. The van der Waals surface area contributed by atoms with Crippen molar-refractivity contribution in [1.82, 2.24) is 4.57 Å². The van der Waals surface area contributed by atoms with Gasteiger partial charge in [0.05, 0.1) is 30.4 Å². The van der Waals surface area contributed by atoms with E-state index in [1.807, 2.05) is 25.1 Å². The molecular formula is C22H26N2O3S. The van der Waals surface area contributed by atoms with Crippen LogP contribution in [0.3, 0.4) is 0 Å². The van der Waals surface area contributed by atoms with Crippen molar-refractivity contribution in [2.24, 2.45) is 4.99 Å². The van der Waals surface area contributed by atoms with Gasteiger partial charge in [-0.15, -0.1) is 0 Å². The first-order chi connectivity index (χ1) is 13.4. The number of rotatable bonds is 6. The van der Waals surface area contributed by atoms with Crippen LogP contribution >= 0.6 is 11.3 Å². The van der Waals surface area contributed by atoms with Crippen molar-refractivity contribution in [3.63, 3.8) is 0 Å². The summed E-state index contributed by atoms with van der Waals surface area (Å²) in [5.41, 5.74) is 5.48. The second-order valence-corrected chi connectivity index (χ2v) is 7.94. The predicted octanol–water partition coefficient (Wildman–Crippen LogP) is 3.95. The average molecular weight is 399 g/mol. The number of hydrogen-bond donors (Lipinski definition) is 0. The molecule has 1 aromatic heterocycles. The van der Waals surface area contributed by atoms with Gasteiger partial charge in [0.1, 0.15) is 5.75 Å². The summed E-state index contributed by atoms with van der Waals surface area (Å²) in [6.45, 7) is 7.41. The summed E-state index contributed by atoms with van der Waals surface area (Å²) in [5.74, 6) is 0.527. The number of hydrogen-bond acceptors (Lipinski definition) is 4. The minimum Gasteiger partial charge on any atom is -0.496 e. The molecule has 6 heteroatoms. The number of benzene rings is 2. The minimum absolute atomic E-state index is 0.185. The number of amides is 1. The molecular weight excluding hydrogens is 372 g/mol. The molecule has 5 nitrogen and oxygen atoms in total. The lowest BCUT2D eigenvalue weighted by Crippen LogP contribution is -2.20. The Morgan fingerprint density at radius 2 is 1.86 bits per heavy atom. The van der Waals surface area contributed by atoms with Crippen molar-refractivity contribution in [3.8, 4) is 5.75 Å². The zero-order valence-electron chi connectivity index (χ0n) is 17.0. The van der Waals surface area contributed by atoms with Gasteiger partial charge in [0.25, 0.3) is 5.91 Å². The highest BCUT2D eigenvalue weighted by Gasteiger charge is 2.12. The van der Waals surface area contributed by atoms with Crippen LogP contribution < -0.4 is 9.54 Å². The van der Waals surface area contributed by atoms with Gasteiger partial charge in [-0.2, -0.15) is 4.99 Å². The smallest absolute Gasteiger partial charge is 0.252 e. The Morgan fingerprint density at radius 3 is 2.57 bits per heavy atom. The van der Waals surface area contributed by atoms with Crippen LogP contribution in [-0.2, 0) is 22.5 Å². The van der Waals surface area contributed by atoms with Crippen molar-refractivity contribution in [2.75, 3.05) is 20.8 Å². The maximum Gasteiger partial charge on any atom is 0.252 e. The van der Waals surface area contributed by atoms with Gasteiger partial charge in [0.2, 0.25) is 0 Å². The molecule has 28 heavy (non-hydrogen) atoms. The number of fused-ring (bicyclic) bond motifs is 1. The highest BCUT2D eigenvalue weighted by Crippen LogP contribution is 2.23. The van der Waals surface area contributed by atoms with Gasteiger partial charge in [-0.3, -0.25) is 4.79 Å². The van der Waals surface area contributed by atoms with Crippen LogP contribution in [0.4, 0.5) is 0 Å². The van der Waals surface area contributed by atoms with Gasteiger partial charge >= 0.3 is 0 Å². The van der Waals surface area contributed by atoms with Gasteiger partial charge < -0.3 is 14.0 Å². The lowest BCUT2D eigenvalue weighted by Gasteiger charge is -2.08. The Labute approximate surface area is 169 Å². The zero-order chi connectivity index (χ0) is 20.3. The van der Waals surface area contributed by atoms with Gasteiger partial charge in [-0.1, -0.05) is 29.0 Å². The second-order valence-electron chi connectivity index (χ2n) is 6.93. The third kappa shape index (κ3) is 4.34. The summed E-state index contributed by atoms with van der Waals surface area (Å²) < 4.78 is 13.8. The van der Waals surface area contributed by atoms with Gasteiger partial charge in [-0.05, 0) is 50.1 Å². The Bertz CT molecular complexity index is 1080. The third-order valence-corrected chi connectivity index (χ3v) is 5.86. The number of aromatic nitrogens is 1. The molecule has 0 aliphatic heterocycles. The quantitative estimate of drug-likeness (QED) is 0.632. The van der Waals surface area contributed by atoms with E-state index >= 15 is 0 Å². The normalized spacial score (nSPS) is 12.0. The summed E-state index contributed by atoms with van der Waals surface area (Å²) in [7, 11) is 3.29. The number of carbonyl (C=O) groups is 1. The van der Waals surface area contributed by atoms with Crippen LogP contribution in [0.5, 0.6) is 5.75 Å². The van der Waals surface area contributed by atoms with Crippen molar-refractivity contribution >= 4 is 27.5 Å². The van der Waals surface area contributed by atoms with Crippen LogP contribution in [-0.4, -0.2) is 31.3 Å². The molecule has 0 bridgehead atoms. The van der Waals surface area contributed by atoms with Crippen LogP contribution in [0.1, 0.15) is 22.3 Å². The van der Waals surface area contributed by atoms with E-state index in [-0.39, 0.29) is 12.3 Å². The van der Waals surface area contributed by atoms with Gasteiger partial charge in [-0.25, -0.2) is 0 Å². The highest BCUT2D eigenvalue weighted by atomic mass is 32.1. The van der Waals surface area contributed by atoms with E-state index in [0.717, 1.165) is 21.3 Å². The van der Waals surface area contributed by atoms with Crippen LogP contribution in [0, 0.1) is 20.8 Å². The van der Waals surface area contributed by atoms with E-state index in [0.29, 0.717) is 23.7 Å². The van der Waals surface area contributed by atoms with Crippen LogP contribution in [0.15, 0.2) is 35.3 Å². The first-order valence-corrected chi connectivity index (χ1v) is 10.0. The Balaban J connectivity index is 2.02. The maximum absolute atomic E-state index is 12.7. The van der Waals surface area contributed by atoms with E-state index in [2.05, 4.69) is 35.5 Å². The van der Waals surface area contributed by atoms with Crippen molar-refractivity contribution < 1.29 is 14.3 Å². The fourth-order valence-corrected chi connectivity index (χ4v) is 4.31. The molecule has 0 atom stereocenters. The molecule has 0 fully saturated rings. The summed E-state index contributed by atoms with van der Waals surface area (Å²) >= 11 is 1.54. The number of methoxy groups -OCH3 is 2. The van der Waals surface area contributed by atoms with Crippen LogP contribution in [0.2, 0.25) is 0 Å². The Morgan fingerprint density at radius 1 is 1.11 bits per heavy atom.